The van der Waals surface area contributed by atoms with Crippen molar-refractivity contribution in [3.05, 3.63) is 93.7 Å². The summed E-state index contributed by atoms with van der Waals surface area (Å²) in [6.45, 7) is 7.66. The third-order valence-electron chi connectivity index (χ3n) is 7.10. The molecule has 0 unspecified atom stereocenters. The summed E-state index contributed by atoms with van der Waals surface area (Å²) in [4.78, 5) is 23.6. The minimum atomic E-state index is -0.501. The maximum atomic E-state index is 15.1. The van der Waals surface area contributed by atoms with Crippen LogP contribution in [0.1, 0.15) is 44.5 Å². The van der Waals surface area contributed by atoms with Gasteiger partial charge in [0, 0.05) is 16.6 Å². The minimum Gasteiger partial charge on any atom is -0.488 e. The van der Waals surface area contributed by atoms with E-state index in [0.717, 1.165) is 21.7 Å². The third-order valence-corrected chi connectivity index (χ3v) is 8.10. The SMILES string of the molecule is CC[C@@H](c1cc2scc(C)n2c(=O)c1-c1ccccc1)n1nc(-c2ccc(OC(C)C)c(F)c2)c2c(N)ncnc21. The van der Waals surface area contributed by atoms with Crippen LogP contribution in [-0.4, -0.2) is 30.3 Å². The van der Waals surface area contributed by atoms with Crippen molar-refractivity contribution in [2.75, 3.05) is 5.73 Å². The lowest BCUT2D eigenvalue weighted by molar-refractivity contribution is 0.231. The molecule has 0 spiro atoms. The van der Waals surface area contributed by atoms with Crippen molar-refractivity contribution < 1.29 is 9.13 Å². The lowest BCUT2D eigenvalue weighted by atomic mass is 9.95. The molecule has 2 aromatic carbocycles. The van der Waals surface area contributed by atoms with Gasteiger partial charge in [-0.15, -0.1) is 11.3 Å². The number of rotatable bonds is 7. The number of thiazole rings is 1. The molecule has 2 N–H and O–H groups in total. The fourth-order valence-electron chi connectivity index (χ4n) is 5.32. The Morgan fingerprint density at radius 1 is 1.07 bits per heavy atom. The molecule has 41 heavy (non-hydrogen) atoms. The Morgan fingerprint density at radius 3 is 2.56 bits per heavy atom. The van der Waals surface area contributed by atoms with Crippen molar-refractivity contribution in [3.63, 3.8) is 0 Å². The largest absolute Gasteiger partial charge is 0.488 e. The van der Waals surface area contributed by atoms with E-state index in [-0.39, 0.29) is 29.3 Å². The summed E-state index contributed by atoms with van der Waals surface area (Å²) >= 11 is 1.52. The topological polar surface area (TPSA) is 100 Å². The van der Waals surface area contributed by atoms with Crippen molar-refractivity contribution in [1.82, 2.24) is 24.1 Å². The van der Waals surface area contributed by atoms with E-state index in [1.807, 2.05) is 63.4 Å². The van der Waals surface area contributed by atoms with E-state index in [9.17, 15) is 4.79 Å². The Bertz CT molecular complexity index is 1960. The molecule has 0 fully saturated rings. The first-order valence-electron chi connectivity index (χ1n) is 13.4. The quantitative estimate of drug-likeness (QED) is 0.231. The van der Waals surface area contributed by atoms with Crippen LogP contribution >= 0.6 is 11.3 Å². The predicted molar refractivity (Wildman–Crippen MR) is 161 cm³/mol. The molecule has 0 saturated heterocycles. The summed E-state index contributed by atoms with van der Waals surface area (Å²) in [7, 11) is 0. The van der Waals surface area contributed by atoms with Crippen molar-refractivity contribution in [1.29, 1.82) is 0 Å². The zero-order chi connectivity index (χ0) is 28.8. The summed E-state index contributed by atoms with van der Waals surface area (Å²) in [5.41, 5.74) is 10.9. The molecule has 0 saturated carbocycles. The number of aryl methyl sites for hydroxylation is 1. The van der Waals surface area contributed by atoms with Gasteiger partial charge in [0.2, 0.25) is 0 Å². The molecule has 10 heteroatoms. The molecule has 0 aliphatic carbocycles. The van der Waals surface area contributed by atoms with Gasteiger partial charge in [0.05, 0.1) is 23.1 Å². The fraction of sp³-hybridized carbons (Fsp3) is 0.226. The fourth-order valence-corrected chi connectivity index (χ4v) is 6.24. The van der Waals surface area contributed by atoms with Gasteiger partial charge in [0.15, 0.2) is 17.2 Å². The van der Waals surface area contributed by atoms with Crippen molar-refractivity contribution in [2.45, 2.75) is 46.3 Å². The second-order valence-electron chi connectivity index (χ2n) is 10.2. The van der Waals surface area contributed by atoms with Gasteiger partial charge in [-0.05, 0) is 62.6 Å². The van der Waals surface area contributed by atoms with E-state index in [1.54, 1.807) is 21.2 Å². The number of nitrogen functional groups attached to an aromatic ring is 1. The lowest BCUT2D eigenvalue weighted by Gasteiger charge is -2.21. The monoisotopic (exact) mass is 568 g/mol. The minimum absolute atomic E-state index is 0.0884. The average Bonchev–Trinajstić information content (AvgIpc) is 3.52. The van der Waals surface area contributed by atoms with Crippen LogP contribution in [0.25, 0.3) is 38.2 Å². The summed E-state index contributed by atoms with van der Waals surface area (Å²) in [6.07, 6.45) is 1.83. The number of hydrogen-bond acceptors (Lipinski definition) is 7. The summed E-state index contributed by atoms with van der Waals surface area (Å²) in [5, 5.41) is 7.47. The van der Waals surface area contributed by atoms with Gasteiger partial charge in [-0.2, -0.15) is 5.10 Å². The van der Waals surface area contributed by atoms with Crippen molar-refractivity contribution in [3.8, 4) is 28.1 Å². The Kier molecular flexibility index (Phi) is 6.78. The maximum absolute atomic E-state index is 15.1. The van der Waals surface area contributed by atoms with E-state index < -0.39 is 5.82 Å². The van der Waals surface area contributed by atoms with Crippen LogP contribution in [0.3, 0.4) is 0 Å². The number of benzene rings is 2. The van der Waals surface area contributed by atoms with Crippen LogP contribution in [0, 0.1) is 12.7 Å². The molecular formula is C31H29FN6O2S. The standard InChI is InChI=1S/C31H29FN6O2S/c1-5-23(21-14-25-37(18(4)15-41-25)31(39)26(21)19-9-7-6-8-10-19)38-30-27(29(33)34-16-35-30)28(36-38)20-11-12-24(22(32)13-20)40-17(2)3/h6-17,23H,5H2,1-4H3,(H2,33,34,35)/t23-/m0/s1. The normalized spacial score (nSPS) is 12.4. The third kappa shape index (κ3) is 4.54. The highest BCUT2D eigenvalue weighted by Crippen LogP contribution is 2.38. The summed E-state index contributed by atoms with van der Waals surface area (Å²) in [6, 6.07) is 16.1. The highest BCUT2D eigenvalue weighted by Gasteiger charge is 2.27. The van der Waals surface area contributed by atoms with Gasteiger partial charge < -0.3 is 10.5 Å². The van der Waals surface area contributed by atoms with E-state index >= 15 is 4.39 Å². The number of aromatic nitrogens is 5. The Balaban J connectivity index is 1.61. The lowest BCUT2D eigenvalue weighted by Crippen LogP contribution is -2.22. The number of anilines is 1. The molecule has 8 nitrogen and oxygen atoms in total. The molecule has 1 atom stereocenters. The van der Waals surface area contributed by atoms with Crippen LogP contribution in [0.15, 0.2) is 71.1 Å². The van der Waals surface area contributed by atoms with Crippen LogP contribution in [0.5, 0.6) is 5.75 Å². The molecule has 0 radical (unpaired) electrons. The van der Waals surface area contributed by atoms with Crippen LogP contribution in [0.2, 0.25) is 0 Å². The van der Waals surface area contributed by atoms with E-state index in [0.29, 0.717) is 34.3 Å². The second kappa shape index (κ2) is 10.4. The molecule has 0 amide bonds. The molecule has 208 valence electrons. The molecule has 4 aromatic heterocycles. The van der Waals surface area contributed by atoms with Gasteiger partial charge in [0.1, 0.15) is 22.7 Å². The molecular weight excluding hydrogens is 539 g/mol. The van der Waals surface area contributed by atoms with Gasteiger partial charge in [0.25, 0.3) is 5.56 Å². The average molecular weight is 569 g/mol. The number of nitrogens with two attached hydrogens (primary N) is 1. The second-order valence-corrected chi connectivity index (χ2v) is 11.1. The Labute approximate surface area is 239 Å². The van der Waals surface area contributed by atoms with Crippen LogP contribution in [0.4, 0.5) is 10.2 Å². The first kappa shape index (κ1) is 26.6. The number of pyridine rings is 1. The number of nitrogens with zero attached hydrogens (tertiary/aromatic N) is 5. The Hall–Kier alpha value is -4.57. The highest BCUT2D eigenvalue weighted by molar-refractivity contribution is 7.15. The van der Waals surface area contributed by atoms with E-state index in [1.165, 1.54) is 23.7 Å². The van der Waals surface area contributed by atoms with Crippen LogP contribution in [-0.2, 0) is 0 Å². The van der Waals surface area contributed by atoms with Gasteiger partial charge in [-0.1, -0.05) is 37.3 Å². The molecule has 0 bridgehead atoms. The molecule has 0 aliphatic rings. The zero-order valence-electron chi connectivity index (χ0n) is 23.1. The molecule has 6 aromatic rings. The predicted octanol–water partition coefficient (Wildman–Crippen LogP) is 6.65. The maximum Gasteiger partial charge on any atom is 0.264 e. The van der Waals surface area contributed by atoms with Crippen LogP contribution < -0.4 is 16.0 Å². The Morgan fingerprint density at radius 2 is 1.85 bits per heavy atom. The summed E-state index contributed by atoms with van der Waals surface area (Å²) in [5.74, 6) is -0.100. The zero-order valence-corrected chi connectivity index (χ0v) is 23.9. The number of hydrogen-bond donors (Lipinski definition) is 1. The first-order chi connectivity index (χ1) is 19.8. The number of halogens is 1. The van der Waals surface area contributed by atoms with E-state index in [2.05, 4.69) is 16.0 Å². The van der Waals surface area contributed by atoms with Gasteiger partial charge in [-0.25, -0.2) is 19.0 Å². The highest BCUT2D eigenvalue weighted by atomic mass is 32.1. The molecule has 6 rings (SSSR count). The van der Waals surface area contributed by atoms with Crippen molar-refractivity contribution in [2.24, 2.45) is 0 Å². The van der Waals surface area contributed by atoms with Crippen molar-refractivity contribution >= 4 is 33.0 Å². The summed E-state index contributed by atoms with van der Waals surface area (Å²) < 4.78 is 24.2. The van der Waals surface area contributed by atoms with Gasteiger partial charge in [-0.3, -0.25) is 9.20 Å². The first-order valence-corrected chi connectivity index (χ1v) is 14.3. The molecule has 4 heterocycles. The molecule has 0 aliphatic heterocycles. The van der Waals surface area contributed by atoms with Gasteiger partial charge >= 0.3 is 0 Å². The number of ether oxygens (including phenoxy) is 1. The smallest absolute Gasteiger partial charge is 0.264 e. The van der Waals surface area contributed by atoms with E-state index in [4.69, 9.17) is 15.6 Å². The number of fused-ring (bicyclic) bond motifs is 2.